The number of aliphatic hydroxyl groups is 1. The maximum atomic E-state index is 12.1. The van der Waals surface area contributed by atoms with Gasteiger partial charge in [0.05, 0.1) is 0 Å². The van der Waals surface area contributed by atoms with E-state index in [2.05, 4.69) is 0 Å². The number of rotatable bonds is 3. The number of carbonyl (C=O) groups is 1. The van der Waals surface area contributed by atoms with E-state index < -0.39 is 5.60 Å². The molecule has 2 rings (SSSR count). The number of carbonyl (C=O) groups excluding carboxylic acids is 1. The molecular formula is C14H20O2. The molecule has 0 radical (unpaired) electrons. The summed E-state index contributed by atoms with van der Waals surface area (Å²) in [7, 11) is 0. The van der Waals surface area contributed by atoms with E-state index in [1.807, 2.05) is 12.2 Å². The summed E-state index contributed by atoms with van der Waals surface area (Å²) in [5.41, 5.74) is -1.22. The minimum atomic E-state index is -1.22. The molecule has 0 spiro atoms. The van der Waals surface area contributed by atoms with Gasteiger partial charge in [-0.1, -0.05) is 50.3 Å². The van der Waals surface area contributed by atoms with E-state index in [1.165, 1.54) is 19.3 Å². The van der Waals surface area contributed by atoms with Crippen LogP contribution in [0.15, 0.2) is 24.3 Å². The molecule has 0 aromatic carbocycles. The van der Waals surface area contributed by atoms with E-state index >= 15 is 0 Å². The Bertz CT molecular complexity index is 311. The lowest BCUT2D eigenvalue weighted by molar-refractivity contribution is -0.134. The Morgan fingerprint density at radius 2 is 2.00 bits per heavy atom. The summed E-state index contributed by atoms with van der Waals surface area (Å²) in [4.78, 5) is 12.1. The highest BCUT2D eigenvalue weighted by atomic mass is 16.3. The van der Waals surface area contributed by atoms with Crippen LogP contribution in [0.5, 0.6) is 0 Å². The summed E-state index contributed by atoms with van der Waals surface area (Å²) >= 11 is 0. The van der Waals surface area contributed by atoms with Crippen LogP contribution in [0.4, 0.5) is 0 Å². The molecule has 2 nitrogen and oxygen atoms in total. The molecule has 1 saturated carbocycles. The van der Waals surface area contributed by atoms with Crippen molar-refractivity contribution in [3.63, 3.8) is 0 Å². The van der Waals surface area contributed by atoms with Crippen LogP contribution in [0, 0.1) is 5.92 Å². The molecule has 88 valence electrons. The molecule has 1 atom stereocenters. The summed E-state index contributed by atoms with van der Waals surface area (Å²) in [6.07, 6.45) is 14.2. The number of allylic oxidation sites excluding steroid dienone is 2. The van der Waals surface area contributed by atoms with Crippen molar-refractivity contribution in [2.24, 2.45) is 5.92 Å². The van der Waals surface area contributed by atoms with Gasteiger partial charge in [-0.3, -0.25) is 4.79 Å². The minimum Gasteiger partial charge on any atom is -0.378 e. The van der Waals surface area contributed by atoms with E-state index in [4.69, 9.17) is 0 Å². The Morgan fingerprint density at radius 3 is 2.62 bits per heavy atom. The van der Waals surface area contributed by atoms with E-state index in [-0.39, 0.29) is 5.78 Å². The molecule has 16 heavy (non-hydrogen) atoms. The fourth-order valence-corrected chi connectivity index (χ4v) is 2.65. The number of ketones is 1. The van der Waals surface area contributed by atoms with Crippen LogP contribution in [0.1, 0.15) is 44.9 Å². The van der Waals surface area contributed by atoms with Crippen molar-refractivity contribution in [3.05, 3.63) is 24.3 Å². The molecule has 0 saturated heterocycles. The monoisotopic (exact) mass is 220 g/mol. The second-order valence-corrected chi connectivity index (χ2v) is 5.05. The van der Waals surface area contributed by atoms with Crippen LogP contribution in [0.2, 0.25) is 0 Å². The number of Topliss-reactive ketones (excluding diaryl/α,β-unsaturated/α-hetero) is 1. The van der Waals surface area contributed by atoms with Crippen LogP contribution < -0.4 is 0 Å². The van der Waals surface area contributed by atoms with Crippen molar-refractivity contribution >= 4 is 5.78 Å². The van der Waals surface area contributed by atoms with Gasteiger partial charge in [-0.2, -0.15) is 0 Å². The fraction of sp³-hybridized carbons (Fsp3) is 0.643. The lowest BCUT2D eigenvalue weighted by atomic mass is 9.80. The maximum absolute atomic E-state index is 12.1. The second kappa shape index (κ2) is 4.96. The van der Waals surface area contributed by atoms with Crippen LogP contribution in [-0.4, -0.2) is 16.5 Å². The van der Waals surface area contributed by atoms with Gasteiger partial charge in [0.2, 0.25) is 0 Å². The lowest BCUT2D eigenvalue weighted by Gasteiger charge is -2.27. The fourth-order valence-electron chi connectivity index (χ4n) is 2.65. The van der Waals surface area contributed by atoms with Crippen LogP contribution in [0.25, 0.3) is 0 Å². The molecular weight excluding hydrogens is 200 g/mol. The molecule has 0 aromatic rings. The SMILES string of the molecule is O=C(CC1CCCCC1)C1(O)C=CC=CC1. The molecule has 0 bridgehead atoms. The smallest absolute Gasteiger partial charge is 0.168 e. The highest BCUT2D eigenvalue weighted by Gasteiger charge is 2.33. The zero-order valence-corrected chi connectivity index (χ0v) is 9.69. The average molecular weight is 220 g/mol. The average Bonchev–Trinajstić information content (AvgIpc) is 2.31. The topological polar surface area (TPSA) is 37.3 Å². The third-order valence-corrected chi connectivity index (χ3v) is 3.73. The zero-order chi connectivity index (χ0) is 11.4. The standard InChI is InChI=1S/C14H20O2/c15-13(11-12-7-3-1-4-8-12)14(16)9-5-2-6-10-14/h2,5-6,9,12,16H,1,3-4,7-8,10-11H2. The van der Waals surface area contributed by atoms with Gasteiger partial charge in [-0.25, -0.2) is 0 Å². The van der Waals surface area contributed by atoms with Crippen LogP contribution >= 0.6 is 0 Å². The third-order valence-electron chi connectivity index (χ3n) is 3.73. The molecule has 2 aliphatic carbocycles. The Hall–Kier alpha value is -0.890. The lowest BCUT2D eigenvalue weighted by Crippen LogP contribution is -2.38. The first-order valence-electron chi connectivity index (χ1n) is 6.31. The molecule has 2 heteroatoms. The molecule has 0 amide bonds. The third kappa shape index (κ3) is 2.62. The largest absolute Gasteiger partial charge is 0.378 e. The highest BCUT2D eigenvalue weighted by Crippen LogP contribution is 2.30. The molecule has 2 aliphatic rings. The van der Waals surface area contributed by atoms with Gasteiger partial charge in [-0.15, -0.1) is 0 Å². The van der Waals surface area contributed by atoms with E-state index in [1.54, 1.807) is 12.2 Å². The molecule has 1 unspecified atom stereocenters. The quantitative estimate of drug-likeness (QED) is 0.794. The van der Waals surface area contributed by atoms with Gasteiger partial charge < -0.3 is 5.11 Å². The summed E-state index contributed by atoms with van der Waals surface area (Å²) in [5, 5.41) is 10.2. The Kier molecular flexibility index (Phi) is 3.59. The van der Waals surface area contributed by atoms with Gasteiger partial charge >= 0.3 is 0 Å². The van der Waals surface area contributed by atoms with Crippen LogP contribution in [0.3, 0.4) is 0 Å². The molecule has 0 heterocycles. The Labute approximate surface area is 97.0 Å². The zero-order valence-electron chi connectivity index (χ0n) is 9.69. The predicted molar refractivity (Wildman–Crippen MR) is 64.0 cm³/mol. The van der Waals surface area contributed by atoms with E-state index in [0.29, 0.717) is 18.8 Å². The van der Waals surface area contributed by atoms with Gasteiger partial charge in [0.15, 0.2) is 5.78 Å². The Morgan fingerprint density at radius 1 is 1.25 bits per heavy atom. The first-order chi connectivity index (χ1) is 7.71. The number of hydrogen-bond acceptors (Lipinski definition) is 2. The van der Waals surface area contributed by atoms with Crippen molar-refractivity contribution in [1.29, 1.82) is 0 Å². The second-order valence-electron chi connectivity index (χ2n) is 5.05. The maximum Gasteiger partial charge on any atom is 0.168 e. The van der Waals surface area contributed by atoms with E-state index in [9.17, 15) is 9.90 Å². The number of hydrogen-bond donors (Lipinski definition) is 1. The molecule has 1 N–H and O–H groups in total. The summed E-state index contributed by atoms with van der Waals surface area (Å²) in [5.74, 6) is 0.504. The van der Waals surface area contributed by atoms with Crippen molar-refractivity contribution in [2.75, 3.05) is 0 Å². The summed E-state index contributed by atoms with van der Waals surface area (Å²) in [6, 6.07) is 0. The van der Waals surface area contributed by atoms with Crippen molar-refractivity contribution in [2.45, 2.75) is 50.5 Å². The first-order valence-corrected chi connectivity index (χ1v) is 6.31. The summed E-state index contributed by atoms with van der Waals surface area (Å²) < 4.78 is 0. The van der Waals surface area contributed by atoms with Gasteiger partial charge in [0.25, 0.3) is 0 Å². The van der Waals surface area contributed by atoms with Gasteiger partial charge in [-0.05, 0) is 12.0 Å². The predicted octanol–water partition coefficient (Wildman–Crippen LogP) is 2.77. The van der Waals surface area contributed by atoms with Crippen molar-refractivity contribution in [3.8, 4) is 0 Å². The van der Waals surface area contributed by atoms with Crippen molar-refractivity contribution in [1.82, 2.24) is 0 Å². The van der Waals surface area contributed by atoms with Gasteiger partial charge in [0, 0.05) is 12.8 Å². The van der Waals surface area contributed by atoms with Crippen molar-refractivity contribution < 1.29 is 9.90 Å². The minimum absolute atomic E-state index is 0.000000000000000444. The van der Waals surface area contributed by atoms with E-state index in [0.717, 1.165) is 12.8 Å². The summed E-state index contributed by atoms with van der Waals surface area (Å²) in [6.45, 7) is 0. The molecule has 0 aliphatic heterocycles. The van der Waals surface area contributed by atoms with Crippen LogP contribution in [-0.2, 0) is 4.79 Å². The molecule has 1 fully saturated rings. The van der Waals surface area contributed by atoms with Gasteiger partial charge in [0.1, 0.15) is 5.60 Å². The normalized spacial score (nSPS) is 30.6. The first kappa shape index (κ1) is 11.6. The molecule has 0 aromatic heterocycles. The Balaban J connectivity index is 1.91. The highest BCUT2D eigenvalue weighted by molar-refractivity contribution is 5.89.